The van der Waals surface area contributed by atoms with Gasteiger partial charge < -0.3 is 5.32 Å². The van der Waals surface area contributed by atoms with E-state index in [1.165, 1.54) is 31.3 Å². The van der Waals surface area contributed by atoms with Crippen LogP contribution < -0.4 is 10.0 Å². The summed E-state index contributed by atoms with van der Waals surface area (Å²) in [5.74, 6) is -0.623. The normalized spacial score (nSPS) is 12.0. The van der Waals surface area contributed by atoms with Crippen LogP contribution >= 0.6 is 11.6 Å². The molecule has 0 aliphatic heterocycles. The minimum atomic E-state index is -3.48. The third-order valence-corrected chi connectivity index (χ3v) is 5.94. The number of amides is 1. The standard InChI is InChI=1S/C19H22ClFN2O3S/c1-19(2,16-10-7-14(21)12-17(16)20)23-18(24)11-6-13-4-8-15(9-5-13)27(25,26)22-3/h4-5,7-10,12,22H,6,11H2,1-3H3,(H,23,24). The first-order valence-electron chi connectivity index (χ1n) is 8.34. The van der Waals surface area contributed by atoms with Gasteiger partial charge in [0.15, 0.2) is 0 Å². The number of nitrogens with one attached hydrogen (secondary N) is 2. The molecule has 1 amide bonds. The number of carbonyl (C=O) groups is 1. The highest BCUT2D eigenvalue weighted by atomic mass is 35.5. The van der Waals surface area contributed by atoms with Crippen molar-refractivity contribution in [2.24, 2.45) is 0 Å². The first-order valence-corrected chi connectivity index (χ1v) is 10.2. The number of benzene rings is 2. The Hall–Kier alpha value is -1.96. The number of rotatable bonds is 7. The van der Waals surface area contributed by atoms with E-state index in [0.717, 1.165) is 5.56 Å². The monoisotopic (exact) mass is 412 g/mol. The lowest BCUT2D eigenvalue weighted by Gasteiger charge is -2.28. The Bertz CT molecular complexity index is 928. The summed E-state index contributed by atoms with van der Waals surface area (Å²) >= 11 is 6.09. The van der Waals surface area contributed by atoms with E-state index in [2.05, 4.69) is 10.0 Å². The topological polar surface area (TPSA) is 75.3 Å². The molecule has 0 spiro atoms. The highest BCUT2D eigenvalue weighted by Crippen LogP contribution is 2.28. The summed E-state index contributed by atoms with van der Waals surface area (Å²) in [6.07, 6.45) is 0.680. The lowest BCUT2D eigenvalue weighted by Crippen LogP contribution is -2.41. The van der Waals surface area contributed by atoms with Crippen molar-refractivity contribution in [3.63, 3.8) is 0 Å². The fourth-order valence-corrected chi connectivity index (χ4v) is 3.82. The highest BCUT2D eigenvalue weighted by molar-refractivity contribution is 7.89. The van der Waals surface area contributed by atoms with Crippen molar-refractivity contribution in [1.82, 2.24) is 10.0 Å². The second-order valence-corrected chi connectivity index (χ2v) is 8.94. The number of hydrogen-bond donors (Lipinski definition) is 2. The predicted octanol–water partition coefficient (Wildman–Crippen LogP) is 3.37. The lowest BCUT2D eigenvalue weighted by atomic mass is 9.93. The lowest BCUT2D eigenvalue weighted by molar-refractivity contribution is -0.122. The molecule has 2 N–H and O–H groups in total. The number of halogens is 2. The van der Waals surface area contributed by atoms with Crippen molar-refractivity contribution in [1.29, 1.82) is 0 Å². The molecular formula is C19H22ClFN2O3S. The number of hydrogen-bond acceptors (Lipinski definition) is 3. The SMILES string of the molecule is CNS(=O)(=O)c1ccc(CCC(=O)NC(C)(C)c2ccc(F)cc2Cl)cc1. The number of carbonyl (C=O) groups excluding carboxylic acids is 1. The second-order valence-electron chi connectivity index (χ2n) is 6.65. The fraction of sp³-hybridized carbons (Fsp3) is 0.316. The van der Waals surface area contributed by atoms with Gasteiger partial charge >= 0.3 is 0 Å². The number of sulfonamides is 1. The minimum absolute atomic E-state index is 0.172. The van der Waals surface area contributed by atoms with Crippen molar-refractivity contribution >= 4 is 27.5 Å². The Labute approximate surface area is 164 Å². The first kappa shape index (κ1) is 21.3. The molecule has 2 aromatic carbocycles. The predicted molar refractivity (Wildman–Crippen MR) is 104 cm³/mol. The van der Waals surface area contributed by atoms with Gasteiger partial charge in [-0.05, 0) is 62.7 Å². The van der Waals surface area contributed by atoms with Crippen molar-refractivity contribution in [3.8, 4) is 0 Å². The van der Waals surface area contributed by atoms with Gasteiger partial charge in [-0.2, -0.15) is 0 Å². The average Bonchev–Trinajstić information content (AvgIpc) is 2.59. The summed E-state index contributed by atoms with van der Waals surface area (Å²) in [6, 6.07) is 10.4. The molecule has 0 aliphatic rings. The molecule has 0 atom stereocenters. The average molecular weight is 413 g/mol. The van der Waals surface area contributed by atoms with Crippen molar-refractivity contribution in [2.75, 3.05) is 7.05 Å². The van der Waals surface area contributed by atoms with Crippen LogP contribution in [0.25, 0.3) is 0 Å². The van der Waals surface area contributed by atoms with E-state index in [4.69, 9.17) is 11.6 Å². The van der Waals surface area contributed by atoms with Crippen LogP contribution in [-0.2, 0) is 26.8 Å². The maximum absolute atomic E-state index is 13.2. The Kier molecular flexibility index (Phi) is 6.62. The molecule has 5 nitrogen and oxygen atoms in total. The highest BCUT2D eigenvalue weighted by Gasteiger charge is 2.25. The van der Waals surface area contributed by atoms with Crippen LogP contribution in [0.5, 0.6) is 0 Å². The molecule has 0 fully saturated rings. The summed E-state index contributed by atoms with van der Waals surface area (Å²) < 4.78 is 38.9. The summed E-state index contributed by atoms with van der Waals surface area (Å²) in [6.45, 7) is 3.59. The van der Waals surface area contributed by atoms with Gasteiger partial charge in [-0.15, -0.1) is 0 Å². The molecule has 2 aromatic rings. The maximum atomic E-state index is 13.2. The van der Waals surface area contributed by atoms with Gasteiger partial charge in [-0.3, -0.25) is 4.79 Å². The van der Waals surface area contributed by atoms with Crippen LogP contribution in [0.15, 0.2) is 47.4 Å². The Morgan fingerprint density at radius 3 is 2.33 bits per heavy atom. The van der Waals surface area contributed by atoms with Gasteiger partial charge in [-0.25, -0.2) is 17.5 Å². The summed E-state index contributed by atoms with van der Waals surface area (Å²) in [4.78, 5) is 12.5. The third kappa shape index (κ3) is 5.51. The molecule has 0 aliphatic carbocycles. The van der Waals surface area contributed by atoms with Gasteiger partial charge in [0.1, 0.15) is 5.82 Å². The second kappa shape index (κ2) is 8.37. The van der Waals surface area contributed by atoms with Gasteiger partial charge in [0.2, 0.25) is 15.9 Å². The van der Waals surface area contributed by atoms with Crippen LogP contribution in [0.3, 0.4) is 0 Å². The van der Waals surface area contributed by atoms with Gasteiger partial charge in [0.05, 0.1) is 10.4 Å². The van der Waals surface area contributed by atoms with E-state index in [1.807, 2.05) is 0 Å². The van der Waals surface area contributed by atoms with Crippen LogP contribution in [0.1, 0.15) is 31.4 Å². The third-order valence-electron chi connectivity index (χ3n) is 4.20. The minimum Gasteiger partial charge on any atom is -0.347 e. The quantitative estimate of drug-likeness (QED) is 0.732. The molecular weight excluding hydrogens is 391 g/mol. The Morgan fingerprint density at radius 1 is 1.15 bits per heavy atom. The fourth-order valence-electron chi connectivity index (χ4n) is 2.69. The molecule has 0 unspecified atom stereocenters. The van der Waals surface area contributed by atoms with E-state index >= 15 is 0 Å². The maximum Gasteiger partial charge on any atom is 0.240 e. The molecule has 0 aromatic heterocycles. The van der Waals surface area contributed by atoms with Crippen molar-refractivity contribution in [2.45, 2.75) is 37.1 Å². The zero-order chi connectivity index (χ0) is 20.2. The molecule has 0 radical (unpaired) electrons. The van der Waals surface area contributed by atoms with E-state index in [0.29, 0.717) is 12.0 Å². The Morgan fingerprint density at radius 2 is 1.78 bits per heavy atom. The Balaban J connectivity index is 1.99. The van der Waals surface area contributed by atoms with Crippen LogP contribution in [0.4, 0.5) is 4.39 Å². The first-order chi connectivity index (χ1) is 12.5. The van der Waals surface area contributed by atoms with E-state index in [1.54, 1.807) is 32.0 Å². The van der Waals surface area contributed by atoms with Crippen molar-refractivity contribution < 1.29 is 17.6 Å². The molecule has 0 bridgehead atoms. The molecule has 0 saturated heterocycles. The summed E-state index contributed by atoms with van der Waals surface area (Å²) in [5, 5.41) is 3.15. The van der Waals surface area contributed by atoms with E-state index in [-0.39, 0.29) is 22.2 Å². The van der Waals surface area contributed by atoms with Gasteiger partial charge in [-0.1, -0.05) is 29.8 Å². The molecule has 27 heavy (non-hydrogen) atoms. The van der Waals surface area contributed by atoms with E-state index in [9.17, 15) is 17.6 Å². The molecule has 2 rings (SSSR count). The summed E-state index contributed by atoms with van der Waals surface area (Å²) in [7, 11) is -2.13. The van der Waals surface area contributed by atoms with Crippen LogP contribution in [0, 0.1) is 5.82 Å². The van der Waals surface area contributed by atoms with E-state index < -0.39 is 21.4 Å². The summed E-state index contributed by atoms with van der Waals surface area (Å²) in [5.41, 5.74) is 0.713. The van der Waals surface area contributed by atoms with Gasteiger partial charge in [0.25, 0.3) is 0 Å². The smallest absolute Gasteiger partial charge is 0.240 e. The van der Waals surface area contributed by atoms with Crippen molar-refractivity contribution in [3.05, 3.63) is 64.4 Å². The molecule has 146 valence electrons. The number of aryl methyl sites for hydroxylation is 1. The van der Waals surface area contributed by atoms with Crippen LogP contribution in [-0.4, -0.2) is 21.4 Å². The molecule has 0 saturated carbocycles. The van der Waals surface area contributed by atoms with Gasteiger partial charge in [0, 0.05) is 11.4 Å². The largest absolute Gasteiger partial charge is 0.347 e. The zero-order valence-electron chi connectivity index (χ0n) is 15.3. The molecule has 8 heteroatoms. The zero-order valence-corrected chi connectivity index (χ0v) is 16.9. The van der Waals surface area contributed by atoms with Crippen LogP contribution in [0.2, 0.25) is 5.02 Å². The molecule has 0 heterocycles.